The first kappa shape index (κ1) is 18.3. The molecule has 2 nitrogen and oxygen atoms in total. The number of rotatable bonds is 4. The van der Waals surface area contributed by atoms with Crippen LogP contribution in [0.2, 0.25) is 0 Å². The first-order valence-electron chi connectivity index (χ1n) is 11.5. The van der Waals surface area contributed by atoms with Crippen LogP contribution in [-0.4, -0.2) is 12.6 Å². The van der Waals surface area contributed by atoms with Crippen LogP contribution >= 0.6 is 0 Å². The van der Waals surface area contributed by atoms with Gasteiger partial charge in [-0.2, -0.15) is 0 Å². The van der Waals surface area contributed by atoms with E-state index in [0.717, 1.165) is 36.1 Å². The van der Waals surface area contributed by atoms with E-state index in [4.69, 9.17) is 0 Å². The molecule has 2 N–H and O–H groups in total. The molecule has 0 heterocycles. The lowest BCUT2D eigenvalue weighted by atomic mass is 9.44. The van der Waals surface area contributed by atoms with Gasteiger partial charge in [0.1, 0.15) is 0 Å². The van der Waals surface area contributed by atoms with Crippen molar-refractivity contribution in [2.45, 2.75) is 97.9 Å². The molecule has 0 bridgehead atoms. The lowest BCUT2D eigenvalue weighted by Crippen LogP contribution is -2.56. The van der Waals surface area contributed by atoms with Gasteiger partial charge >= 0.3 is 0 Å². The Labute approximate surface area is 156 Å². The van der Waals surface area contributed by atoms with Gasteiger partial charge < -0.3 is 0 Å². The highest BCUT2D eigenvalue weighted by Gasteiger charge is 2.59. The second-order valence-electron chi connectivity index (χ2n) is 10.7. The fourth-order valence-corrected chi connectivity index (χ4v) is 7.99. The normalized spacial score (nSPS) is 52.3. The van der Waals surface area contributed by atoms with Gasteiger partial charge in [0, 0.05) is 12.6 Å². The number of hydrogen-bond acceptors (Lipinski definition) is 2. The lowest BCUT2D eigenvalue weighted by molar-refractivity contribution is -0.113. The van der Waals surface area contributed by atoms with Crippen molar-refractivity contribution in [3.8, 4) is 0 Å². The van der Waals surface area contributed by atoms with Crippen molar-refractivity contribution >= 4 is 0 Å². The van der Waals surface area contributed by atoms with E-state index in [9.17, 15) is 0 Å². The maximum atomic E-state index is 3.64. The lowest BCUT2D eigenvalue weighted by Gasteiger charge is -2.61. The third-order valence-electron chi connectivity index (χ3n) is 9.82. The van der Waals surface area contributed by atoms with Crippen LogP contribution < -0.4 is 10.9 Å². The average molecular weight is 347 g/mol. The van der Waals surface area contributed by atoms with E-state index < -0.39 is 0 Å². The van der Waals surface area contributed by atoms with Crippen LogP contribution in [0.3, 0.4) is 0 Å². The number of fused-ring (bicyclic) bond motifs is 5. The van der Waals surface area contributed by atoms with E-state index in [1.165, 1.54) is 64.2 Å². The molecule has 8 atom stereocenters. The Balaban J connectivity index is 1.46. The van der Waals surface area contributed by atoms with E-state index in [1.54, 1.807) is 0 Å². The molecule has 4 aliphatic carbocycles. The molecular weight excluding hydrogens is 304 g/mol. The largest absolute Gasteiger partial charge is 0.258 e. The number of hydrazine groups is 1. The van der Waals surface area contributed by atoms with Gasteiger partial charge in [0.25, 0.3) is 0 Å². The van der Waals surface area contributed by atoms with Gasteiger partial charge in [-0.3, -0.25) is 10.9 Å². The zero-order valence-corrected chi connectivity index (χ0v) is 17.2. The summed E-state index contributed by atoms with van der Waals surface area (Å²) in [5.74, 6) is 5.05. The molecule has 8 unspecified atom stereocenters. The summed E-state index contributed by atoms with van der Waals surface area (Å²) in [6.07, 6.45) is 14.6. The Bertz CT molecular complexity index is 477. The predicted molar refractivity (Wildman–Crippen MR) is 106 cm³/mol. The smallest absolute Gasteiger partial charge is 0.0216 e. The van der Waals surface area contributed by atoms with Gasteiger partial charge in [0.15, 0.2) is 0 Å². The first-order chi connectivity index (χ1) is 12.0. The summed E-state index contributed by atoms with van der Waals surface area (Å²) in [6.45, 7) is 11.2. The van der Waals surface area contributed by atoms with Crippen molar-refractivity contribution in [1.29, 1.82) is 0 Å². The SMILES string of the molecule is CCCNNC1CCC2(C)C(CCC3C4CCC(C)C4(C)CCC32)C1. The Morgan fingerprint density at radius 1 is 0.880 bits per heavy atom. The van der Waals surface area contributed by atoms with E-state index in [2.05, 4.69) is 38.5 Å². The zero-order valence-electron chi connectivity index (χ0n) is 17.2. The Kier molecular flexibility index (Phi) is 4.99. The van der Waals surface area contributed by atoms with E-state index in [0.29, 0.717) is 16.9 Å². The quantitative estimate of drug-likeness (QED) is 0.516. The highest BCUT2D eigenvalue weighted by molar-refractivity contribution is 5.08. The molecule has 0 aromatic heterocycles. The van der Waals surface area contributed by atoms with Gasteiger partial charge in [-0.15, -0.1) is 0 Å². The van der Waals surface area contributed by atoms with E-state index in [-0.39, 0.29) is 0 Å². The summed E-state index contributed by atoms with van der Waals surface area (Å²) in [6, 6.07) is 0.710. The molecule has 4 rings (SSSR count). The molecule has 0 aliphatic heterocycles. The predicted octanol–water partition coefficient (Wildman–Crippen LogP) is 5.54. The third-order valence-corrected chi connectivity index (χ3v) is 9.82. The summed E-state index contributed by atoms with van der Waals surface area (Å²) in [7, 11) is 0. The molecule has 4 aliphatic rings. The number of hydrogen-bond donors (Lipinski definition) is 2. The molecule has 0 spiro atoms. The molecule has 0 saturated heterocycles. The van der Waals surface area contributed by atoms with E-state index >= 15 is 0 Å². The van der Waals surface area contributed by atoms with Crippen LogP contribution in [0.5, 0.6) is 0 Å². The Morgan fingerprint density at radius 2 is 1.64 bits per heavy atom. The average Bonchev–Trinajstić information content (AvgIpc) is 2.90. The molecule has 0 aromatic rings. The summed E-state index contributed by atoms with van der Waals surface area (Å²) < 4.78 is 0. The van der Waals surface area contributed by atoms with Crippen molar-refractivity contribution in [3.63, 3.8) is 0 Å². The highest BCUT2D eigenvalue weighted by Crippen LogP contribution is 2.67. The number of nitrogens with one attached hydrogen (secondary N) is 2. The summed E-state index contributed by atoms with van der Waals surface area (Å²) in [5, 5.41) is 0. The van der Waals surface area contributed by atoms with Crippen molar-refractivity contribution in [2.24, 2.45) is 40.4 Å². The fraction of sp³-hybridized carbons (Fsp3) is 1.00. The van der Waals surface area contributed by atoms with Crippen molar-refractivity contribution < 1.29 is 0 Å². The summed E-state index contributed by atoms with van der Waals surface area (Å²) in [4.78, 5) is 0. The maximum Gasteiger partial charge on any atom is 0.0216 e. The highest BCUT2D eigenvalue weighted by atomic mass is 15.4. The minimum Gasteiger partial charge on any atom is -0.258 e. The van der Waals surface area contributed by atoms with Crippen molar-refractivity contribution in [3.05, 3.63) is 0 Å². The van der Waals surface area contributed by atoms with Crippen molar-refractivity contribution in [1.82, 2.24) is 10.9 Å². The van der Waals surface area contributed by atoms with Gasteiger partial charge in [-0.1, -0.05) is 27.7 Å². The zero-order chi connectivity index (χ0) is 17.7. The first-order valence-corrected chi connectivity index (χ1v) is 11.5. The molecule has 4 fully saturated rings. The van der Waals surface area contributed by atoms with Crippen LogP contribution in [0.1, 0.15) is 91.9 Å². The minimum absolute atomic E-state index is 0.638. The van der Waals surface area contributed by atoms with Crippen LogP contribution in [0.4, 0.5) is 0 Å². The molecular formula is C23H42N2. The summed E-state index contributed by atoms with van der Waals surface area (Å²) in [5.41, 5.74) is 8.41. The molecule has 0 amide bonds. The molecule has 25 heavy (non-hydrogen) atoms. The van der Waals surface area contributed by atoms with Gasteiger partial charge in [-0.05, 0) is 105 Å². The standard InChI is InChI=1S/C23H42N2/c1-5-14-24-25-18-10-12-23(4)17(15-18)7-8-19-20-9-6-16(2)22(20,3)13-11-21(19)23/h16-21,24-25H,5-15H2,1-4H3. The van der Waals surface area contributed by atoms with Gasteiger partial charge in [-0.25, -0.2) is 0 Å². The van der Waals surface area contributed by atoms with Gasteiger partial charge in [0.2, 0.25) is 0 Å². The van der Waals surface area contributed by atoms with Crippen LogP contribution in [0.25, 0.3) is 0 Å². The monoisotopic (exact) mass is 346 g/mol. The van der Waals surface area contributed by atoms with Gasteiger partial charge in [0.05, 0.1) is 0 Å². The fourth-order valence-electron chi connectivity index (χ4n) is 7.99. The van der Waals surface area contributed by atoms with Crippen LogP contribution in [-0.2, 0) is 0 Å². The topological polar surface area (TPSA) is 24.1 Å². The second-order valence-corrected chi connectivity index (χ2v) is 10.7. The molecule has 0 aromatic carbocycles. The Morgan fingerprint density at radius 3 is 2.44 bits per heavy atom. The van der Waals surface area contributed by atoms with Crippen LogP contribution in [0, 0.1) is 40.4 Å². The molecule has 0 radical (unpaired) electrons. The second kappa shape index (κ2) is 6.82. The maximum absolute atomic E-state index is 3.64. The molecule has 4 saturated carbocycles. The molecule has 144 valence electrons. The van der Waals surface area contributed by atoms with Crippen LogP contribution in [0.15, 0.2) is 0 Å². The third kappa shape index (κ3) is 2.90. The summed E-state index contributed by atoms with van der Waals surface area (Å²) >= 11 is 0. The van der Waals surface area contributed by atoms with Crippen molar-refractivity contribution in [2.75, 3.05) is 6.54 Å². The minimum atomic E-state index is 0.638. The Hall–Kier alpha value is -0.0800. The van der Waals surface area contributed by atoms with E-state index in [1.807, 2.05) is 0 Å². The molecule has 2 heteroatoms.